The second-order valence-corrected chi connectivity index (χ2v) is 5.36. The number of carbonyl (C=O) groups is 2. The summed E-state index contributed by atoms with van der Waals surface area (Å²) in [4.78, 5) is 26.8. The molecular weight excluding hydrogens is 240 g/mol. The fraction of sp³-hybridized carbons (Fsp3) is 0.467. The highest BCUT2D eigenvalue weighted by molar-refractivity contribution is 5.86. The molecule has 4 heteroatoms. The third-order valence-electron chi connectivity index (χ3n) is 4.23. The van der Waals surface area contributed by atoms with Gasteiger partial charge in [0.2, 0.25) is 12.3 Å². The molecule has 2 fully saturated rings. The SMILES string of the molecule is O=CN1CCC2CN(CCc3ccccc3)C(=O)C21. The zero-order chi connectivity index (χ0) is 13.2. The minimum atomic E-state index is -0.187. The minimum absolute atomic E-state index is 0.130. The van der Waals surface area contributed by atoms with Crippen LogP contribution in [0.4, 0.5) is 0 Å². The summed E-state index contributed by atoms with van der Waals surface area (Å²) in [5.74, 6) is 0.471. The van der Waals surface area contributed by atoms with Crippen molar-refractivity contribution < 1.29 is 9.59 Å². The molecule has 2 aliphatic rings. The van der Waals surface area contributed by atoms with Gasteiger partial charge in [0.1, 0.15) is 6.04 Å². The molecule has 2 aliphatic heterocycles. The number of amides is 2. The first kappa shape index (κ1) is 12.2. The number of hydrogen-bond acceptors (Lipinski definition) is 2. The van der Waals surface area contributed by atoms with Crippen LogP contribution in [-0.2, 0) is 16.0 Å². The average molecular weight is 258 g/mol. The van der Waals surface area contributed by atoms with Gasteiger partial charge in [0, 0.05) is 25.6 Å². The summed E-state index contributed by atoms with van der Waals surface area (Å²) in [7, 11) is 0. The predicted molar refractivity (Wildman–Crippen MR) is 71.4 cm³/mol. The topological polar surface area (TPSA) is 40.6 Å². The van der Waals surface area contributed by atoms with E-state index in [1.165, 1.54) is 5.56 Å². The highest BCUT2D eigenvalue weighted by atomic mass is 16.2. The molecule has 2 unspecified atom stereocenters. The van der Waals surface area contributed by atoms with E-state index in [0.717, 1.165) is 38.9 Å². The smallest absolute Gasteiger partial charge is 0.245 e. The Labute approximate surface area is 113 Å². The second kappa shape index (κ2) is 5.03. The molecule has 0 aliphatic carbocycles. The van der Waals surface area contributed by atoms with Gasteiger partial charge < -0.3 is 9.80 Å². The van der Waals surface area contributed by atoms with Gasteiger partial charge in [-0.05, 0) is 18.4 Å². The van der Waals surface area contributed by atoms with Crippen molar-refractivity contribution in [2.24, 2.45) is 5.92 Å². The average Bonchev–Trinajstić information content (AvgIpc) is 2.98. The van der Waals surface area contributed by atoms with Crippen LogP contribution in [0, 0.1) is 5.92 Å². The van der Waals surface area contributed by atoms with Crippen LogP contribution < -0.4 is 0 Å². The van der Waals surface area contributed by atoms with E-state index in [9.17, 15) is 9.59 Å². The predicted octanol–water partition coefficient (Wildman–Crippen LogP) is 0.918. The Kier molecular flexibility index (Phi) is 3.23. The molecule has 0 spiro atoms. The molecule has 3 rings (SSSR count). The van der Waals surface area contributed by atoms with E-state index in [0.29, 0.717) is 5.92 Å². The quantitative estimate of drug-likeness (QED) is 0.753. The van der Waals surface area contributed by atoms with Gasteiger partial charge in [0.25, 0.3) is 0 Å². The Morgan fingerprint density at radius 2 is 2.05 bits per heavy atom. The van der Waals surface area contributed by atoms with Gasteiger partial charge in [-0.15, -0.1) is 0 Å². The summed E-state index contributed by atoms with van der Waals surface area (Å²) >= 11 is 0. The van der Waals surface area contributed by atoms with E-state index in [1.54, 1.807) is 4.90 Å². The van der Waals surface area contributed by atoms with Gasteiger partial charge in [-0.3, -0.25) is 9.59 Å². The monoisotopic (exact) mass is 258 g/mol. The first-order chi connectivity index (χ1) is 9.29. The summed E-state index contributed by atoms with van der Waals surface area (Å²) in [6, 6.07) is 10.0. The van der Waals surface area contributed by atoms with E-state index in [-0.39, 0.29) is 11.9 Å². The number of benzene rings is 1. The van der Waals surface area contributed by atoms with Gasteiger partial charge in [-0.1, -0.05) is 30.3 Å². The molecule has 100 valence electrons. The van der Waals surface area contributed by atoms with Crippen LogP contribution in [0.1, 0.15) is 12.0 Å². The van der Waals surface area contributed by atoms with Gasteiger partial charge in [0.05, 0.1) is 0 Å². The lowest BCUT2D eigenvalue weighted by atomic mass is 10.1. The summed E-state index contributed by atoms with van der Waals surface area (Å²) in [5, 5.41) is 0. The molecule has 2 saturated heterocycles. The normalized spacial score (nSPS) is 25.8. The number of fused-ring (bicyclic) bond motifs is 1. The number of hydrogen-bond donors (Lipinski definition) is 0. The Morgan fingerprint density at radius 3 is 2.79 bits per heavy atom. The molecule has 1 aromatic rings. The third-order valence-corrected chi connectivity index (χ3v) is 4.23. The van der Waals surface area contributed by atoms with Crippen LogP contribution >= 0.6 is 0 Å². The Bertz CT molecular complexity index is 474. The third kappa shape index (κ3) is 2.23. The van der Waals surface area contributed by atoms with Crippen molar-refractivity contribution in [3.8, 4) is 0 Å². The summed E-state index contributed by atoms with van der Waals surface area (Å²) in [5.41, 5.74) is 1.25. The highest BCUT2D eigenvalue weighted by Crippen LogP contribution is 2.31. The van der Waals surface area contributed by atoms with Gasteiger partial charge in [0.15, 0.2) is 0 Å². The molecular formula is C15H18N2O2. The molecule has 2 amide bonds. The Morgan fingerprint density at radius 1 is 1.26 bits per heavy atom. The fourth-order valence-electron chi connectivity index (χ4n) is 3.21. The largest absolute Gasteiger partial charge is 0.340 e. The lowest BCUT2D eigenvalue weighted by molar-refractivity contribution is -0.135. The number of carbonyl (C=O) groups excluding carboxylic acids is 2. The Hall–Kier alpha value is -1.84. The number of nitrogens with zero attached hydrogens (tertiary/aromatic N) is 2. The van der Waals surface area contributed by atoms with E-state index in [4.69, 9.17) is 0 Å². The van der Waals surface area contributed by atoms with E-state index < -0.39 is 0 Å². The molecule has 0 aromatic heterocycles. The standard InChI is InChI=1S/C15H18N2O2/c18-11-17-9-7-13-10-16(15(19)14(13)17)8-6-12-4-2-1-3-5-12/h1-5,11,13-14H,6-10H2. The van der Waals surface area contributed by atoms with Crippen molar-refractivity contribution >= 4 is 12.3 Å². The fourth-order valence-corrected chi connectivity index (χ4v) is 3.21. The molecule has 1 aromatic carbocycles. The van der Waals surface area contributed by atoms with E-state index >= 15 is 0 Å². The summed E-state index contributed by atoms with van der Waals surface area (Å²) in [6.45, 7) is 2.29. The van der Waals surface area contributed by atoms with Crippen molar-refractivity contribution in [1.29, 1.82) is 0 Å². The zero-order valence-corrected chi connectivity index (χ0v) is 10.9. The van der Waals surface area contributed by atoms with Gasteiger partial charge in [-0.25, -0.2) is 0 Å². The zero-order valence-electron chi connectivity index (χ0n) is 10.9. The van der Waals surface area contributed by atoms with Crippen molar-refractivity contribution in [2.75, 3.05) is 19.6 Å². The van der Waals surface area contributed by atoms with Crippen LogP contribution in [0.2, 0.25) is 0 Å². The molecule has 0 N–H and O–H groups in total. The van der Waals surface area contributed by atoms with Crippen LogP contribution in [0.3, 0.4) is 0 Å². The first-order valence-corrected chi connectivity index (χ1v) is 6.83. The highest BCUT2D eigenvalue weighted by Gasteiger charge is 2.46. The molecule has 2 heterocycles. The van der Waals surface area contributed by atoms with Crippen molar-refractivity contribution in [3.63, 3.8) is 0 Å². The summed E-state index contributed by atoms with van der Waals surface area (Å²) < 4.78 is 0. The molecule has 0 saturated carbocycles. The lowest BCUT2D eigenvalue weighted by Crippen LogP contribution is -2.39. The molecule has 0 radical (unpaired) electrons. The minimum Gasteiger partial charge on any atom is -0.340 e. The van der Waals surface area contributed by atoms with Gasteiger partial charge >= 0.3 is 0 Å². The lowest BCUT2D eigenvalue weighted by Gasteiger charge is -2.20. The number of rotatable bonds is 4. The summed E-state index contributed by atoms with van der Waals surface area (Å²) in [6.07, 6.45) is 2.66. The van der Waals surface area contributed by atoms with Crippen molar-refractivity contribution in [1.82, 2.24) is 9.80 Å². The van der Waals surface area contributed by atoms with Gasteiger partial charge in [-0.2, -0.15) is 0 Å². The first-order valence-electron chi connectivity index (χ1n) is 6.83. The van der Waals surface area contributed by atoms with Crippen LogP contribution in [0.15, 0.2) is 30.3 Å². The van der Waals surface area contributed by atoms with Crippen molar-refractivity contribution in [3.05, 3.63) is 35.9 Å². The van der Waals surface area contributed by atoms with Crippen LogP contribution in [0.25, 0.3) is 0 Å². The maximum atomic E-state index is 12.3. The van der Waals surface area contributed by atoms with E-state index in [2.05, 4.69) is 12.1 Å². The maximum Gasteiger partial charge on any atom is 0.245 e. The number of likely N-dealkylation sites (tertiary alicyclic amines) is 2. The van der Waals surface area contributed by atoms with Crippen LogP contribution in [-0.4, -0.2) is 47.8 Å². The molecule has 2 atom stereocenters. The van der Waals surface area contributed by atoms with E-state index in [1.807, 2.05) is 23.1 Å². The maximum absolute atomic E-state index is 12.3. The molecule has 0 bridgehead atoms. The second-order valence-electron chi connectivity index (χ2n) is 5.36. The Balaban J connectivity index is 1.62. The molecule has 4 nitrogen and oxygen atoms in total. The van der Waals surface area contributed by atoms with Crippen LogP contribution in [0.5, 0.6) is 0 Å². The van der Waals surface area contributed by atoms with Crippen molar-refractivity contribution in [2.45, 2.75) is 18.9 Å². The molecule has 19 heavy (non-hydrogen) atoms.